The molecule has 0 aliphatic carbocycles. The van der Waals surface area contributed by atoms with Crippen LogP contribution in [0.2, 0.25) is 0 Å². The van der Waals surface area contributed by atoms with Crippen LogP contribution in [0.3, 0.4) is 0 Å². The average molecular weight is 865 g/mol. The molecule has 2 atom stereocenters. The number of methoxy groups -OCH3 is 2. The second-order valence-electron chi connectivity index (χ2n) is 18.3. The number of hydrogen-bond acceptors (Lipinski definition) is 12. The Balaban J connectivity index is 1.15. The molecule has 2 aromatic carbocycles. The summed E-state index contributed by atoms with van der Waals surface area (Å²) in [6.07, 6.45) is 2.46. The molecule has 0 N–H and O–H groups in total. The van der Waals surface area contributed by atoms with Gasteiger partial charge in [-0.2, -0.15) is 9.97 Å². The number of aryl methyl sites for hydroxylation is 1. The summed E-state index contributed by atoms with van der Waals surface area (Å²) in [5.74, 6) is 2.09. The van der Waals surface area contributed by atoms with Gasteiger partial charge in [0.05, 0.1) is 30.8 Å². The molecule has 1 amide bonds. The maximum atomic E-state index is 17.5. The van der Waals surface area contributed by atoms with E-state index >= 15 is 4.39 Å². The summed E-state index contributed by atoms with van der Waals surface area (Å²) >= 11 is 0. The zero-order chi connectivity index (χ0) is 44.6. The van der Waals surface area contributed by atoms with E-state index in [-0.39, 0.29) is 35.8 Å². The van der Waals surface area contributed by atoms with E-state index < -0.39 is 23.1 Å². The van der Waals surface area contributed by atoms with Gasteiger partial charge in [0.25, 0.3) is 0 Å². The van der Waals surface area contributed by atoms with Gasteiger partial charge >= 0.3 is 12.1 Å². The fraction of sp³-hybridized carbons (Fsp3) is 0.479. The number of benzene rings is 2. The fourth-order valence-electron chi connectivity index (χ4n) is 9.06. The number of pyridine rings is 2. The van der Waals surface area contributed by atoms with E-state index in [1.807, 2.05) is 101 Å². The Morgan fingerprint density at radius 1 is 0.921 bits per heavy atom. The highest BCUT2D eigenvalue weighted by molar-refractivity contribution is 5.92. The van der Waals surface area contributed by atoms with Gasteiger partial charge in [0.1, 0.15) is 52.7 Å². The number of halogens is 2. The zero-order valence-corrected chi connectivity index (χ0v) is 37.6. The van der Waals surface area contributed by atoms with E-state index in [1.165, 1.54) is 0 Å². The molecule has 5 aromatic rings. The predicted molar refractivity (Wildman–Crippen MR) is 239 cm³/mol. The first-order chi connectivity index (χ1) is 30.1. The molecule has 63 heavy (non-hydrogen) atoms. The van der Waals surface area contributed by atoms with Crippen molar-refractivity contribution in [2.45, 2.75) is 84.3 Å². The van der Waals surface area contributed by atoms with Gasteiger partial charge in [-0.25, -0.2) is 18.6 Å². The van der Waals surface area contributed by atoms with Crippen LogP contribution < -0.4 is 24.0 Å². The maximum absolute atomic E-state index is 17.5. The lowest BCUT2D eigenvalue weighted by atomic mass is 9.95. The van der Waals surface area contributed by atoms with E-state index in [4.69, 9.17) is 38.9 Å². The van der Waals surface area contributed by atoms with Crippen LogP contribution >= 0.6 is 0 Å². The molecule has 8 rings (SSSR count). The van der Waals surface area contributed by atoms with Gasteiger partial charge in [0.15, 0.2) is 5.82 Å². The lowest BCUT2D eigenvalue weighted by Crippen LogP contribution is -2.54. The number of amides is 1. The number of alkyl halides is 1. The number of aromatic nitrogens is 4. The summed E-state index contributed by atoms with van der Waals surface area (Å²) in [6.45, 7) is 13.4. The Morgan fingerprint density at radius 3 is 2.19 bits per heavy atom. The Bertz CT molecular complexity index is 2390. The summed E-state index contributed by atoms with van der Waals surface area (Å²) in [5, 5.41) is 0.408. The van der Waals surface area contributed by atoms with Gasteiger partial charge in [-0.15, -0.1) is 0 Å². The highest BCUT2D eigenvalue weighted by atomic mass is 19.1. The summed E-state index contributed by atoms with van der Waals surface area (Å²) in [6, 6.07) is 17.8. The van der Waals surface area contributed by atoms with Crippen LogP contribution in [0.25, 0.3) is 22.3 Å². The van der Waals surface area contributed by atoms with E-state index in [2.05, 4.69) is 9.80 Å². The van der Waals surface area contributed by atoms with Crippen LogP contribution in [0.5, 0.6) is 17.5 Å². The number of fused-ring (bicyclic) bond motifs is 2. The summed E-state index contributed by atoms with van der Waals surface area (Å²) in [4.78, 5) is 40.1. The number of anilines is 2. The molecular weight excluding hydrogens is 807 g/mol. The van der Waals surface area contributed by atoms with Crippen molar-refractivity contribution >= 4 is 28.6 Å². The van der Waals surface area contributed by atoms with E-state index in [9.17, 15) is 9.18 Å². The van der Waals surface area contributed by atoms with Gasteiger partial charge < -0.3 is 33.6 Å². The van der Waals surface area contributed by atoms with Gasteiger partial charge in [-0.1, -0.05) is 24.3 Å². The first kappa shape index (κ1) is 43.8. The second kappa shape index (κ2) is 17.7. The van der Waals surface area contributed by atoms with Crippen molar-refractivity contribution < 1.29 is 32.5 Å². The Labute approximate surface area is 368 Å². The topological polar surface area (TPSA) is 119 Å². The van der Waals surface area contributed by atoms with Crippen LogP contribution in [-0.4, -0.2) is 114 Å². The smallest absolute Gasteiger partial charge is 0.410 e. The highest BCUT2D eigenvalue weighted by Gasteiger charge is 2.49. The molecule has 0 bridgehead atoms. The maximum Gasteiger partial charge on any atom is 0.410 e. The number of nitrogens with zero attached hydrogens (tertiary/aromatic N) is 8. The van der Waals surface area contributed by atoms with Crippen molar-refractivity contribution in [1.29, 1.82) is 0 Å². The third-order valence-corrected chi connectivity index (χ3v) is 12.5. The lowest BCUT2D eigenvalue weighted by Gasteiger charge is -2.41. The van der Waals surface area contributed by atoms with Gasteiger partial charge in [0, 0.05) is 64.9 Å². The third-order valence-electron chi connectivity index (χ3n) is 12.5. The molecule has 0 radical (unpaired) electrons. The first-order valence-corrected chi connectivity index (χ1v) is 21.7. The number of carbonyl (C=O) groups is 1. The molecule has 0 saturated carbocycles. The number of carbonyl (C=O) groups excluding carboxylic acids is 1. The van der Waals surface area contributed by atoms with Gasteiger partial charge in [-0.3, -0.25) is 9.88 Å². The number of rotatable bonds is 14. The Kier molecular flexibility index (Phi) is 12.3. The minimum atomic E-state index is -0.930. The lowest BCUT2D eigenvalue weighted by molar-refractivity contribution is 0.000172. The number of ether oxygens (including phenoxy) is 4. The molecule has 15 heteroatoms. The van der Waals surface area contributed by atoms with Crippen molar-refractivity contribution in [3.8, 4) is 28.9 Å². The molecule has 13 nitrogen and oxygen atoms in total. The first-order valence-electron chi connectivity index (χ1n) is 21.7. The summed E-state index contributed by atoms with van der Waals surface area (Å²) in [7, 11) is 5.17. The normalized spacial score (nSPS) is 18.9. The van der Waals surface area contributed by atoms with Crippen LogP contribution in [0, 0.1) is 25.6 Å². The fourth-order valence-corrected chi connectivity index (χ4v) is 9.06. The molecule has 3 fully saturated rings. The van der Waals surface area contributed by atoms with Crippen molar-refractivity contribution in [3.05, 3.63) is 88.9 Å². The molecule has 3 saturated heterocycles. The van der Waals surface area contributed by atoms with E-state index in [1.54, 1.807) is 25.3 Å². The molecule has 3 aliphatic heterocycles. The largest absolute Gasteiger partial charge is 0.497 e. The molecular formula is C48H58F2N8O5. The minimum absolute atomic E-state index is 0.00712. The summed E-state index contributed by atoms with van der Waals surface area (Å²) in [5.41, 5.74) is 3.24. The van der Waals surface area contributed by atoms with Crippen molar-refractivity contribution in [3.63, 3.8) is 0 Å². The Hall–Kier alpha value is -5.83. The van der Waals surface area contributed by atoms with Crippen LogP contribution in [0.4, 0.5) is 25.2 Å². The molecule has 3 aliphatic rings. The molecule has 6 heterocycles. The number of hydrogen-bond donors (Lipinski definition) is 0. The van der Waals surface area contributed by atoms with E-state index in [0.717, 1.165) is 53.1 Å². The van der Waals surface area contributed by atoms with E-state index in [0.29, 0.717) is 68.4 Å². The number of likely N-dealkylation sites (tertiary alicyclic amines) is 1. The zero-order valence-electron chi connectivity index (χ0n) is 37.6. The molecule has 0 unspecified atom stereocenters. The van der Waals surface area contributed by atoms with Crippen molar-refractivity contribution in [2.24, 2.45) is 5.92 Å². The predicted octanol–water partition coefficient (Wildman–Crippen LogP) is 8.33. The molecule has 0 spiro atoms. The van der Waals surface area contributed by atoms with Crippen molar-refractivity contribution in [1.82, 2.24) is 29.7 Å². The monoisotopic (exact) mass is 864 g/mol. The molecule has 334 valence electrons. The SMILES string of the molecule is COc1ccc(CN(Cc2ccc(OC)cc2)c2cc(C)c(C)c(-c3ncc4c(N(C)CC5CN(C(=O)OC(C)(C)C)C5)nc(OC[C@@]56CCCN5C[C@H](F)C6)nc4c3F)n2)cc1. The van der Waals surface area contributed by atoms with Gasteiger partial charge in [0.2, 0.25) is 0 Å². The van der Waals surface area contributed by atoms with Gasteiger partial charge in [-0.05, 0) is 107 Å². The minimum Gasteiger partial charge on any atom is -0.497 e. The van der Waals surface area contributed by atoms with Crippen molar-refractivity contribution in [2.75, 3.05) is 70.4 Å². The van der Waals surface area contributed by atoms with Crippen LogP contribution in [0.1, 0.15) is 62.3 Å². The third kappa shape index (κ3) is 9.44. The molecule has 3 aromatic heterocycles. The summed E-state index contributed by atoms with van der Waals surface area (Å²) < 4.78 is 55.0. The second-order valence-corrected chi connectivity index (χ2v) is 18.3. The van der Waals surface area contributed by atoms with Crippen LogP contribution in [0.15, 0.2) is 60.8 Å². The quantitative estimate of drug-likeness (QED) is 0.107. The average Bonchev–Trinajstić information content (AvgIpc) is 3.77. The highest BCUT2D eigenvalue weighted by Crippen LogP contribution is 2.41. The Morgan fingerprint density at radius 2 is 1.57 bits per heavy atom. The standard InChI is InChI=1S/C48H58F2N8O5/c1-30-20-39(56(24-32-10-14-36(60-7)15-11-32)25-33-12-16-37(61-8)17-13-33)52-41(31(30)2)43-40(50)42-38(22-51-43)44(55(6)23-34-26-57(27-34)46(59)63-47(3,4)5)54-45(53-42)62-29-48-18-9-19-58(48)28-35(49)21-48/h10-17,20,22,34-35H,9,18-19,21,23-29H2,1-8H3/t35-,48+/m1/s1. The van der Waals surface area contributed by atoms with Crippen LogP contribution in [-0.2, 0) is 17.8 Å².